The fourth-order valence-electron chi connectivity index (χ4n) is 3.28. The molecule has 35 heavy (non-hydrogen) atoms. The molecule has 1 atom stereocenters. The van der Waals surface area contributed by atoms with Crippen LogP contribution < -0.4 is 15.8 Å². The fourth-order valence-corrected chi connectivity index (χ4v) is 3.28. The van der Waals surface area contributed by atoms with Gasteiger partial charge in [-0.15, -0.1) is 0 Å². The van der Waals surface area contributed by atoms with Crippen LogP contribution in [0, 0.1) is 0 Å². The highest BCUT2D eigenvalue weighted by Crippen LogP contribution is 2.31. The van der Waals surface area contributed by atoms with Crippen LogP contribution in [0.2, 0.25) is 0 Å². The molecule has 0 spiro atoms. The first-order valence-corrected chi connectivity index (χ1v) is 10.4. The third-order valence-corrected chi connectivity index (χ3v) is 5.05. The molecule has 3 N–H and O–H groups in total. The first-order valence-electron chi connectivity index (χ1n) is 10.4. The molecule has 1 aliphatic rings. The van der Waals surface area contributed by atoms with Crippen LogP contribution >= 0.6 is 0 Å². The number of aliphatic hydroxyl groups excluding tert-OH is 1. The van der Waals surface area contributed by atoms with Gasteiger partial charge in [0.25, 0.3) is 17.9 Å². The SMILES string of the molecule is O=C(C(O)COCCNc1cn[nH]c(=O)c1C(F)(F)F)N1CCN(c2ncc(C(F)F)cn2)CC1. The van der Waals surface area contributed by atoms with Gasteiger partial charge in [-0.2, -0.15) is 18.3 Å². The summed E-state index contributed by atoms with van der Waals surface area (Å²) in [5, 5.41) is 17.5. The molecule has 2 aromatic rings. The number of amides is 1. The predicted octanol–water partition coefficient (Wildman–Crippen LogP) is 0.654. The summed E-state index contributed by atoms with van der Waals surface area (Å²) in [6.45, 7) is 0.414. The fraction of sp³-hybridized carbons (Fsp3) is 0.526. The van der Waals surface area contributed by atoms with Crippen molar-refractivity contribution >= 4 is 17.5 Å². The largest absolute Gasteiger partial charge is 0.423 e. The molecule has 11 nitrogen and oxygen atoms in total. The normalized spacial score (nSPS) is 15.4. The Kier molecular flexibility index (Phi) is 8.50. The van der Waals surface area contributed by atoms with E-state index in [0.29, 0.717) is 13.1 Å². The molecule has 0 aliphatic carbocycles. The number of rotatable bonds is 9. The van der Waals surface area contributed by atoms with Crippen LogP contribution in [0.25, 0.3) is 0 Å². The summed E-state index contributed by atoms with van der Waals surface area (Å²) in [6, 6.07) is 0. The number of aromatic amines is 1. The van der Waals surface area contributed by atoms with Crippen LogP contribution in [0.1, 0.15) is 17.6 Å². The summed E-state index contributed by atoms with van der Waals surface area (Å²) < 4.78 is 69.4. The van der Waals surface area contributed by atoms with Crippen molar-refractivity contribution in [3.8, 4) is 0 Å². The van der Waals surface area contributed by atoms with Crippen molar-refractivity contribution < 1.29 is 36.6 Å². The Hall–Kier alpha value is -3.40. The van der Waals surface area contributed by atoms with Crippen molar-refractivity contribution in [1.29, 1.82) is 0 Å². The molecule has 0 aromatic carbocycles. The van der Waals surface area contributed by atoms with Crippen LogP contribution in [-0.2, 0) is 15.7 Å². The van der Waals surface area contributed by atoms with E-state index in [1.807, 2.05) is 0 Å². The van der Waals surface area contributed by atoms with E-state index in [4.69, 9.17) is 4.74 Å². The summed E-state index contributed by atoms with van der Waals surface area (Å²) in [6.07, 6.45) is -6.15. The van der Waals surface area contributed by atoms with Gasteiger partial charge in [0.05, 0.1) is 30.7 Å². The van der Waals surface area contributed by atoms with Crippen LogP contribution in [0.4, 0.5) is 33.6 Å². The maximum Gasteiger partial charge on any atom is 0.423 e. The molecule has 0 bridgehead atoms. The van der Waals surface area contributed by atoms with Gasteiger partial charge in [0.1, 0.15) is 5.56 Å². The van der Waals surface area contributed by atoms with E-state index in [2.05, 4.69) is 20.4 Å². The predicted molar refractivity (Wildman–Crippen MR) is 111 cm³/mol. The Bertz CT molecular complexity index is 1040. The summed E-state index contributed by atoms with van der Waals surface area (Å²) in [7, 11) is 0. The Morgan fingerprint density at radius 2 is 1.83 bits per heavy atom. The third kappa shape index (κ3) is 6.82. The molecule has 1 aliphatic heterocycles. The second kappa shape index (κ2) is 11.4. The zero-order valence-corrected chi connectivity index (χ0v) is 18.1. The molecule has 0 radical (unpaired) electrons. The minimum Gasteiger partial charge on any atom is -0.381 e. The molecule has 2 aromatic heterocycles. The number of aromatic nitrogens is 4. The number of nitrogens with one attached hydrogen (secondary N) is 2. The molecule has 3 heterocycles. The number of hydrogen-bond donors (Lipinski definition) is 3. The summed E-state index contributed by atoms with van der Waals surface area (Å²) in [5.41, 5.74) is -3.62. The Morgan fingerprint density at radius 3 is 2.43 bits per heavy atom. The number of carbonyl (C=O) groups excluding carboxylic acids is 1. The topological polar surface area (TPSA) is 137 Å². The van der Waals surface area contributed by atoms with Crippen molar-refractivity contribution in [2.45, 2.75) is 18.7 Å². The number of ether oxygens (including phenoxy) is 1. The molecule has 1 unspecified atom stereocenters. The number of alkyl halides is 5. The number of hydrogen-bond acceptors (Lipinski definition) is 9. The van der Waals surface area contributed by atoms with E-state index in [9.17, 15) is 36.6 Å². The Labute approximate surface area is 194 Å². The zero-order chi connectivity index (χ0) is 25.6. The molecule has 1 fully saturated rings. The second-order valence-electron chi connectivity index (χ2n) is 7.43. The van der Waals surface area contributed by atoms with E-state index in [-0.39, 0.29) is 37.8 Å². The minimum atomic E-state index is -4.88. The monoisotopic (exact) mass is 507 g/mol. The van der Waals surface area contributed by atoms with Gasteiger partial charge >= 0.3 is 6.18 Å². The highest BCUT2D eigenvalue weighted by atomic mass is 19.4. The lowest BCUT2D eigenvalue weighted by atomic mass is 10.2. The lowest BCUT2D eigenvalue weighted by Gasteiger charge is -2.35. The Morgan fingerprint density at radius 1 is 1.17 bits per heavy atom. The van der Waals surface area contributed by atoms with Gasteiger partial charge in [-0.25, -0.2) is 23.8 Å². The van der Waals surface area contributed by atoms with Crippen molar-refractivity contribution in [3.05, 3.63) is 40.1 Å². The first-order chi connectivity index (χ1) is 16.6. The van der Waals surface area contributed by atoms with Gasteiger partial charge in [0.2, 0.25) is 5.95 Å². The van der Waals surface area contributed by atoms with Gasteiger partial charge in [-0.3, -0.25) is 9.59 Å². The van der Waals surface area contributed by atoms with E-state index in [0.717, 1.165) is 18.6 Å². The van der Waals surface area contributed by atoms with Crippen molar-refractivity contribution in [1.82, 2.24) is 25.1 Å². The number of anilines is 2. The maximum atomic E-state index is 13.0. The lowest BCUT2D eigenvalue weighted by Crippen LogP contribution is -2.52. The third-order valence-electron chi connectivity index (χ3n) is 5.05. The van der Waals surface area contributed by atoms with E-state index in [1.54, 1.807) is 10.00 Å². The number of carbonyl (C=O) groups is 1. The zero-order valence-electron chi connectivity index (χ0n) is 18.1. The Balaban J connectivity index is 1.40. The number of halogens is 5. The van der Waals surface area contributed by atoms with Crippen molar-refractivity contribution in [2.75, 3.05) is 56.2 Å². The molecule has 0 saturated carbocycles. The van der Waals surface area contributed by atoms with Gasteiger partial charge in [-0.1, -0.05) is 0 Å². The van der Waals surface area contributed by atoms with Gasteiger partial charge < -0.3 is 25.0 Å². The molecule has 16 heteroatoms. The van der Waals surface area contributed by atoms with Crippen LogP contribution in [0.15, 0.2) is 23.4 Å². The molecule has 1 amide bonds. The standard InChI is InChI=1S/C19H22F5N7O4/c20-15(21)11-7-26-18(27-8-11)31-4-2-30(3-5-31)17(34)13(32)10-35-6-1-25-12-9-28-29-16(33)14(12)19(22,23)24/h7-9,13,15,32H,1-6,10H2,(H2,25,29,33). The number of piperazine rings is 1. The number of aliphatic hydroxyl groups is 1. The molecule has 192 valence electrons. The minimum absolute atomic E-state index is 0.141. The average Bonchev–Trinajstić information content (AvgIpc) is 2.82. The second-order valence-corrected chi connectivity index (χ2v) is 7.43. The van der Waals surface area contributed by atoms with E-state index in [1.165, 1.54) is 4.90 Å². The maximum absolute atomic E-state index is 13.0. The van der Waals surface area contributed by atoms with Gasteiger partial charge in [0.15, 0.2) is 6.10 Å². The number of nitrogens with zero attached hydrogens (tertiary/aromatic N) is 5. The number of H-pyrrole nitrogens is 1. The van der Waals surface area contributed by atoms with Gasteiger partial charge in [-0.05, 0) is 0 Å². The summed E-state index contributed by atoms with van der Waals surface area (Å²) in [4.78, 5) is 34.7. The average molecular weight is 507 g/mol. The van der Waals surface area contributed by atoms with Crippen LogP contribution in [0.3, 0.4) is 0 Å². The molecular weight excluding hydrogens is 485 g/mol. The lowest BCUT2D eigenvalue weighted by molar-refractivity contribution is -0.143. The molecular formula is C19H22F5N7O4. The van der Waals surface area contributed by atoms with E-state index >= 15 is 0 Å². The van der Waals surface area contributed by atoms with Crippen LogP contribution in [-0.4, -0.2) is 88.1 Å². The van der Waals surface area contributed by atoms with Crippen molar-refractivity contribution in [3.63, 3.8) is 0 Å². The molecule has 3 rings (SSSR count). The van der Waals surface area contributed by atoms with Gasteiger partial charge in [0, 0.05) is 45.1 Å². The highest BCUT2D eigenvalue weighted by Gasteiger charge is 2.37. The quantitative estimate of drug-likeness (QED) is 0.330. The summed E-state index contributed by atoms with van der Waals surface area (Å²) in [5.74, 6) is -0.341. The van der Waals surface area contributed by atoms with E-state index < -0.39 is 48.0 Å². The van der Waals surface area contributed by atoms with Crippen LogP contribution in [0.5, 0.6) is 0 Å². The first kappa shape index (κ1) is 26.2. The molecule has 1 saturated heterocycles. The smallest absolute Gasteiger partial charge is 0.381 e. The summed E-state index contributed by atoms with van der Waals surface area (Å²) >= 11 is 0. The highest BCUT2D eigenvalue weighted by molar-refractivity contribution is 5.81. The van der Waals surface area contributed by atoms with Crippen molar-refractivity contribution in [2.24, 2.45) is 0 Å².